The zero-order chi connectivity index (χ0) is 21.3. The Morgan fingerprint density at radius 1 is 0.833 bits per heavy atom. The monoisotopic (exact) mass is 403 g/mol. The van der Waals surface area contributed by atoms with Crippen molar-refractivity contribution < 1.29 is 24.5 Å². The highest BCUT2D eigenvalue weighted by Crippen LogP contribution is 2.57. The smallest absolute Gasteiger partial charge is 0.340 e. The molecule has 6 nitrogen and oxygen atoms in total. The molecule has 3 aromatic carbocycles. The molecule has 3 aromatic rings. The molecule has 6 heteroatoms. The molecule has 0 aliphatic carbocycles. The Kier molecular flexibility index (Phi) is 3.62. The lowest BCUT2D eigenvalue weighted by molar-refractivity contribution is 0.0224. The third kappa shape index (κ3) is 2.60. The van der Waals surface area contributed by atoms with Crippen molar-refractivity contribution in [3.8, 4) is 23.0 Å². The van der Waals surface area contributed by atoms with Gasteiger partial charge < -0.3 is 25.0 Å². The maximum atomic E-state index is 13.0. The van der Waals surface area contributed by atoms with Gasteiger partial charge in [-0.15, -0.1) is 0 Å². The topological polar surface area (TPSA) is 88.0 Å². The highest BCUT2D eigenvalue weighted by molar-refractivity contribution is 5.98. The van der Waals surface area contributed by atoms with Crippen LogP contribution in [0, 0.1) is 0 Å². The maximum Gasteiger partial charge on any atom is 0.340 e. The van der Waals surface area contributed by atoms with Crippen LogP contribution >= 0.6 is 0 Å². The van der Waals surface area contributed by atoms with Gasteiger partial charge in [0.05, 0.1) is 5.56 Å². The second-order valence-corrected chi connectivity index (χ2v) is 8.67. The lowest BCUT2D eigenvalue weighted by atomic mass is 9.77. The fraction of sp³-hybridized carbons (Fsp3) is 0.208. The predicted molar refractivity (Wildman–Crippen MR) is 111 cm³/mol. The lowest BCUT2D eigenvalue weighted by Crippen LogP contribution is -2.33. The van der Waals surface area contributed by atoms with Gasteiger partial charge in [0.25, 0.3) is 0 Å². The first-order valence-electron chi connectivity index (χ1n) is 9.68. The molecule has 0 saturated carbocycles. The standard InChI is InChI=1S/C24H21NO5/c1-23(2,3)25-13-4-7-17-16(10-13)22(28)30-24(17)18-8-5-14(26)11-20(18)29-21-12-15(27)6-9-19(21)24/h4-12,25-27H,1-3H3. The van der Waals surface area contributed by atoms with E-state index in [2.05, 4.69) is 5.32 Å². The summed E-state index contributed by atoms with van der Waals surface area (Å²) in [6, 6.07) is 15.0. The summed E-state index contributed by atoms with van der Waals surface area (Å²) < 4.78 is 12.0. The molecule has 0 atom stereocenters. The van der Waals surface area contributed by atoms with E-state index in [1.807, 2.05) is 32.9 Å². The van der Waals surface area contributed by atoms with Crippen LogP contribution in [0.15, 0.2) is 54.6 Å². The number of benzene rings is 3. The van der Waals surface area contributed by atoms with Gasteiger partial charge in [0.15, 0.2) is 5.60 Å². The first-order valence-corrected chi connectivity index (χ1v) is 9.68. The van der Waals surface area contributed by atoms with Crippen molar-refractivity contribution in [2.45, 2.75) is 31.9 Å². The van der Waals surface area contributed by atoms with Crippen LogP contribution in [-0.2, 0) is 10.3 Å². The molecule has 2 aliphatic heterocycles. The van der Waals surface area contributed by atoms with Crippen molar-refractivity contribution in [3.05, 3.63) is 76.9 Å². The van der Waals surface area contributed by atoms with Gasteiger partial charge in [-0.2, -0.15) is 0 Å². The van der Waals surface area contributed by atoms with Gasteiger partial charge in [0.2, 0.25) is 0 Å². The summed E-state index contributed by atoms with van der Waals surface area (Å²) in [5.74, 6) is 0.349. The van der Waals surface area contributed by atoms with E-state index in [0.717, 1.165) is 5.69 Å². The van der Waals surface area contributed by atoms with E-state index in [1.165, 1.54) is 24.3 Å². The van der Waals surface area contributed by atoms with Gasteiger partial charge in [-0.1, -0.05) is 6.07 Å². The molecule has 30 heavy (non-hydrogen) atoms. The summed E-state index contributed by atoms with van der Waals surface area (Å²) in [5, 5.41) is 23.3. The average Bonchev–Trinajstić information content (AvgIpc) is 2.93. The number of anilines is 1. The molecule has 0 saturated heterocycles. The summed E-state index contributed by atoms with van der Waals surface area (Å²) in [7, 11) is 0. The van der Waals surface area contributed by atoms with Gasteiger partial charge in [-0.05, 0) is 57.2 Å². The van der Waals surface area contributed by atoms with Crippen molar-refractivity contribution in [1.82, 2.24) is 0 Å². The summed E-state index contributed by atoms with van der Waals surface area (Å²) in [6.45, 7) is 6.14. The molecule has 2 heterocycles. The number of esters is 1. The number of phenols is 2. The fourth-order valence-electron chi connectivity index (χ4n) is 4.22. The summed E-state index contributed by atoms with van der Waals surface area (Å²) in [6.07, 6.45) is 0. The van der Waals surface area contributed by atoms with E-state index in [-0.39, 0.29) is 17.0 Å². The van der Waals surface area contributed by atoms with Crippen molar-refractivity contribution >= 4 is 11.7 Å². The molecule has 0 unspecified atom stereocenters. The van der Waals surface area contributed by atoms with Crippen LogP contribution in [-0.4, -0.2) is 21.7 Å². The first-order chi connectivity index (χ1) is 14.2. The number of fused-ring (bicyclic) bond motifs is 6. The zero-order valence-electron chi connectivity index (χ0n) is 16.8. The SMILES string of the molecule is CC(C)(C)Nc1ccc2c(c1)C(=O)OC21c2ccc(O)cc2Oc2cc(O)ccc21. The third-order valence-electron chi connectivity index (χ3n) is 5.29. The Morgan fingerprint density at radius 3 is 1.97 bits per heavy atom. The normalized spacial score (nSPS) is 15.6. The number of aromatic hydroxyl groups is 2. The second-order valence-electron chi connectivity index (χ2n) is 8.67. The molecule has 1 spiro atoms. The molecule has 0 amide bonds. The van der Waals surface area contributed by atoms with Gasteiger partial charge in [0, 0.05) is 40.0 Å². The molecule has 0 fully saturated rings. The first kappa shape index (κ1) is 18.4. The number of carbonyl (C=O) groups is 1. The van der Waals surface area contributed by atoms with Gasteiger partial charge in [-0.25, -0.2) is 4.79 Å². The fourth-order valence-corrected chi connectivity index (χ4v) is 4.22. The molecule has 2 aliphatic rings. The Morgan fingerprint density at radius 2 is 1.40 bits per heavy atom. The van der Waals surface area contributed by atoms with E-state index in [1.54, 1.807) is 18.2 Å². The zero-order valence-corrected chi connectivity index (χ0v) is 16.8. The Bertz CT molecular complexity index is 1160. The average molecular weight is 403 g/mol. The highest BCUT2D eigenvalue weighted by Gasteiger charge is 2.53. The molecular weight excluding hydrogens is 382 g/mol. The van der Waals surface area contributed by atoms with Crippen LogP contribution in [0.1, 0.15) is 47.8 Å². The predicted octanol–water partition coefficient (Wildman–Crippen LogP) is 4.88. The molecule has 5 rings (SSSR count). The number of hydrogen-bond acceptors (Lipinski definition) is 6. The van der Waals surface area contributed by atoms with Crippen LogP contribution in [0.3, 0.4) is 0 Å². The molecule has 3 N–H and O–H groups in total. The molecular formula is C24H21NO5. The van der Waals surface area contributed by atoms with Crippen molar-refractivity contribution in [2.75, 3.05) is 5.32 Å². The van der Waals surface area contributed by atoms with Crippen molar-refractivity contribution in [3.63, 3.8) is 0 Å². The maximum absolute atomic E-state index is 13.0. The van der Waals surface area contributed by atoms with E-state index >= 15 is 0 Å². The molecule has 152 valence electrons. The minimum atomic E-state index is -1.23. The van der Waals surface area contributed by atoms with E-state index < -0.39 is 11.6 Å². The lowest BCUT2D eigenvalue weighted by Gasteiger charge is -2.36. The second kappa shape index (κ2) is 5.92. The summed E-state index contributed by atoms with van der Waals surface area (Å²) in [5.41, 5.74) is 1.81. The number of phenolic OH excluding ortho intramolecular Hbond substituents is 2. The number of ether oxygens (including phenoxy) is 2. The molecule has 0 bridgehead atoms. The minimum Gasteiger partial charge on any atom is -0.508 e. The molecule has 0 radical (unpaired) electrons. The Balaban J connectivity index is 1.78. The van der Waals surface area contributed by atoms with Crippen LogP contribution < -0.4 is 10.1 Å². The number of nitrogens with one attached hydrogen (secondary N) is 1. The van der Waals surface area contributed by atoms with E-state index in [4.69, 9.17) is 9.47 Å². The van der Waals surface area contributed by atoms with Crippen molar-refractivity contribution in [1.29, 1.82) is 0 Å². The van der Waals surface area contributed by atoms with E-state index in [0.29, 0.717) is 33.8 Å². The Labute approximate surface area is 173 Å². The number of hydrogen-bond donors (Lipinski definition) is 3. The van der Waals surface area contributed by atoms with Gasteiger partial charge >= 0.3 is 5.97 Å². The van der Waals surface area contributed by atoms with Crippen LogP contribution in [0.2, 0.25) is 0 Å². The van der Waals surface area contributed by atoms with Crippen LogP contribution in [0.25, 0.3) is 0 Å². The quantitative estimate of drug-likeness (QED) is 0.502. The number of carbonyl (C=O) groups excluding carboxylic acids is 1. The van der Waals surface area contributed by atoms with Crippen LogP contribution in [0.5, 0.6) is 23.0 Å². The summed E-state index contributed by atoms with van der Waals surface area (Å²) >= 11 is 0. The molecule has 0 aromatic heterocycles. The largest absolute Gasteiger partial charge is 0.508 e. The van der Waals surface area contributed by atoms with Gasteiger partial charge in [0.1, 0.15) is 23.0 Å². The van der Waals surface area contributed by atoms with Crippen molar-refractivity contribution in [2.24, 2.45) is 0 Å². The summed E-state index contributed by atoms with van der Waals surface area (Å²) in [4.78, 5) is 13.0. The minimum absolute atomic E-state index is 0.0294. The van der Waals surface area contributed by atoms with E-state index in [9.17, 15) is 15.0 Å². The van der Waals surface area contributed by atoms with Gasteiger partial charge in [-0.3, -0.25) is 0 Å². The van der Waals surface area contributed by atoms with Crippen LogP contribution in [0.4, 0.5) is 5.69 Å². The number of rotatable bonds is 1. The highest BCUT2D eigenvalue weighted by atomic mass is 16.6. The third-order valence-corrected chi connectivity index (χ3v) is 5.29. The Hall–Kier alpha value is -3.67.